The van der Waals surface area contributed by atoms with Crippen molar-refractivity contribution in [1.29, 1.82) is 0 Å². The number of carbonyl (C=O) groups is 1. The number of rotatable bonds is 5. The SMILES string of the molecule is Cc1ncsc1C(=O)NCc1nc(N(C)C)nc(N2CCOCC2)n1. The van der Waals surface area contributed by atoms with E-state index in [1.54, 1.807) is 5.51 Å². The normalized spacial score (nSPS) is 14.4. The lowest BCUT2D eigenvalue weighted by Gasteiger charge is -2.27. The largest absolute Gasteiger partial charge is 0.378 e. The summed E-state index contributed by atoms with van der Waals surface area (Å²) in [6, 6.07) is 0. The molecule has 1 fully saturated rings. The van der Waals surface area contributed by atoms with Crippen molar-refractivity contribution in [2.24, 2.45) is 0 Å². The van der Waals surface area contributed by atoms with Gasteiger partial charge in [-0.25, -0.2) is 4.98 Å². The van der Waals surface area contributed by atoms with Crippen LogP contribution in [-0.2, 0) is 11.3 Å². The summed E-state index contributed by atoms with van der Waals surface area (Å²) in [6.07, 6.45) is 0. The van der Waals surface area contributed by atoms with Crippen molar-refractivity contribution in [1.82, 2.24) is 25.3 Å². The fourth-order valence-corrected chi connectivity index (χ4v) is 3.06. The number of nitrogens with one attached hydrogen (secondary N) is 1. The summed E-state index contributed by atoms with van der Waals surface area (Å²) in [5.41, 5.74) is 2.38. The van der Waals surface area contributed by atoms with E-state index < -0.39 is 0 Å². The lowest BCUT2D eigenvalue weighted by molar-refractivity contribution is 0.0953. The number of anilines is 2. The predicted molar refractivity (Wildman–Crippen MR) is 95.2 cm³/mol. The Labute approximate surface area is 150 Å². The lowest BCUT2D eigenvalue weighted by atomic mass is 10.3. The Morgan fingerprint density at radius 2 is 2.08 bits per heavy atom. The smallest absolute Gasteiger partial charge is 0.263 e. The minimum Gasteiger partial charge on any atom is -0.378 e. The number of ether oxygens (including phenoxy) is 1. The van der Waals surface area contributed by atoms with Crippen LogP contribution in [0.2, 0.25) is 0 Å². The lowest BCUT2D eigenvalue weighted by Crippen LogP contribution is -2.38. The fraction of sp³-hybridized carbons (Fsp3) is 0.533. The molecule has 3 rings (SSSR count). The van der Waals surface area contributed by atoms with Crippen LogP contribution >= 0.6 is 11.3 Å². The van der Waals surface area contributed by atoms with E-state index in [1.165, 1.54) is 11.3 Å². The van der Waals surface area contributed by atoms with Gasteiger partial charge < -0.3 is 19.9 Å². The Bertz CT molecular complexity index is 743. The first-order chi connectivity index (χ1) is 12.0. The van der Waals surface area contributed by atoms with Gasteiger partial charge in [-0.2, -0.15) is 15.0 Å². The molecule has 9 nitrogen and oxygen atoms in total. The molecule has 0 saturated carbocycles. The molecular weight excluding hydrogens is 342 g/mol. The number of aryl methyl sites for hydroxylation is 1. The van der Waals surface area contributed by atoms with Crippen molar-refractivity contribution < 1.29 is 9.53 Å². The van der Waals surface area contributed by atoms with E-state index in [2.05, 4.69) is 30.2 Å². The van der Waals surface area contributed by atoms with Crippen molar-refractivity contribution in [3.63, 3.8) is 0 Å². The first-order valence-corrected chi connectivity index (χ1v) is 8.86. The van der Waals surface area contributed by atoms with Crippen LogP contribution in [0.1, 0.15) is 21.2 Å². The van der Waals surface area contributed by atoms with Crippen molar-refractivity contribution in [3.8, 4) is 0 Å². The van der Waals surface area contributed by atoms with Gasteiger partial charge >= 0.3 is 0 Å². The molecule has 1 aliphatic rings. The summed E-state index contributed by atoms with van der Waals surface area (Å²) in [4.78, 5) is 34.3. The monoisotopic (exact) mass is 363 g/mol. The van der Waals surface area contributed by atoms with Gasteiger partial charge in [0.1, 0.15) is 4.88 Å². The summed E-state index contributed by atoms with van der Waals surface area (Å²) < 4.78 is 5.38. The van der Waals surface area contributed by atoms with Crippen LogP contribution < -0.4 is 15.1 Å². The molecular formula is C15H21N7O2S. The average Bonchev–Trinajstić information content (AvgIpc) is 3.06. The molecule has 10 heteroatoms. The van der Waals surface area contributed by atoms with E-state index in [0.717, 1.165) is 18.8 Å². The first kappa shape index (κ1) is 17.5. The highest BCUT2D eigenvalue weighted by molar-refractivity contribution is 7.11. The number of aromatic nitrogens is 4. The van der Waals surface area contributed by atoms with Gasteiger partial charge in [0.2, 0.25) is 11.9 Å². The Hall–Kier alpha value is -2.33. The number of amides is 1. The number of hydrogen-bond donors (Lipinski definition) is 1. The second-order valence-electron chi connectivity index (χ2n) is 5.80. The average molecular weight is 363 g/mol. The predicted octanol–water partition coefficient (Wildman–Crippen LogP) is 0.469. The second-order valence-corrected chi connectivity index (χ2v) is 6.65. The molecule has 25 heavy (non-hydrogen) atoms. The molecule has 0 unspecified atom stereocenters. The number of hydrogen-bond acceptors (Lipinski definition) is 9. The topological polar surface area (TPSA) is 96.4 Å². The van der Waals surface area contributed by atoms with Crippen LogP contribution in [0.5, 0.6) is 0 Å². The molecule has 3 heterocycles. The molecule has 1 aliphatic heterocycles. The third-order valence-corrected chi connectivity index (χ3v) is 4.64. The molecule has 2 aromatic heterocycles. The number of morpholine rings is 1. The van der Waals surface area contributed by atoms with Crippen molar-refractivity contribution in [2.45, 2.75) is 13.5 Å². The van der Waals surface area contributed by atoms with E-state index in [4.69, 9.17) is 4.74 Å². The van der Waals surface area contributed by atoms with Crippen LogP contribution in [0, 0.1) is 6.92 Å². The Morgan fingerprint density at radius 1 is 1.32 bits per heavy atom. The second kappa shape index (κ2) is 7.70. The van der Waals surface area contributed by atoms with Gasteiger partial charge in [0, 0.05) is 27.2 Å². The highest BCUT2D eigenvalue weighted by Gasteiger charge is 2.18. The van der Waals surface area contributed by atoms with Crippen molar-refractivity contribution in [3.05, 3.63) is 21.9 Å². The summed E-state index contributed by atoms with van der Waals surface area (Å²) in [5, 5.41) is 2.86. The molecule has 2 aromatic rings. The highest BCUT2D eigenvalue weighted by atomic mass is 32.1. The third kappa shape index (κ3) is 4.20. The molecule has 0 aromatic carbocycles. The quantitative estimate of drug-likeness (QED) is 0.819. The van der Waals surface area contributed by atoms with E-state index >= 15 is 0 Å². The molecule has 0 aliphatic carbocycles. The van der Waals surface area contributed by atoms with Crippen LogP contribution in [-0.4, -0.2) is 66.2 Å². The zero-order valence-electron chi connectivity index (χ0n) is 14.5. The molecule has 0 bridgehead atoms. The molecule has 0 atom stereocenters. The van der Waals surface area contributed by atoms with Crippen LogP contribution in [0.3, 0.4) is 0 Å². The number of carbonyl (C=O) groups excluding carboxylic acids is 1. The summed E-state index contributed by atoms with van der Waals surface area (Å²) >= 11 is 1.32. The van der Waals surface area contributed by atoms with Gasteiger partial charge in [0.05, 0.1) is 31.0 Å². The van der Waals surface area contributed by atoms with Crippen LogP contribution in [0.15, 0.2) is 5.51 Å². The minimum atomic E-state index is -0.167. The maximum Gasteiger partial charge on any atom is 0.263 e. The molecule has 1 saturated heterocycles. The Morgan fingerprint density at radius 3 is 2.72 bits per heavy atom. The minimum absolute atomic E-state index is 0.167. The molecule has 0 spiro atoms. The molecule has 0 radical (unpaired) electrons. The standard InChI is InChI=1S/C15H21N7O2S/c1-10-12(25-9-17-10)13(23)16-8-11-18-14(21(2)3)20-15(19-11)22-4-6-24-7-5-22/h9H,4-8H2,1-3H3,(H,16,23). The Balaban J connectivity index is 1.76. The van der Waals surface area contributed by atoms with E-state index in [-0.39, 0.29) is 12.5 Å². The molecule has 134 valence electrons. The van der Waals surface area contributed by atoms with Gasteiger partial charge in [0.25, 0.3) is 5.91 Å². The van der Waals surface area contributed by atoms with Crippen LogP contribution in [0.25, 0.3) is 0 Å². The van der Waals surface area contributed by atoms with E-state index in [1.807, 2.05) is 25.9 Å². The van der Waals surface area contributed by atoms with Crippen molar-refractivity contribution in [2.75, 3.05) is 50.2 Å². The highest BCUT2D eigenvalue weighted by Crippen LogP contribution is 2.15. The van der Waals surface area contributed by atoms with Gasteiger partial charge in [-0.05, 0) is 6.92 Å². The van der Waals surface area contributed by atoms with Gasteiger partial charge in [-0.3, -0.25) is 4.79 Å². The first-order valence-electron chi connectivity index (χ1n) is 7.98. The Kier molecular flexibility index (Phi) is 5.39. The summed E-state index contributed by atoms with van der Waals surface area (Å²) in [7, 11) is 3.75. The maximum atomic E-state index is 12.3. The summed E-state index contributed by atoms with van der Waals surface area (Å²) in [5.74, 6) is 1.53. The maximum absolute atomic E-state index is 12.3. The van der Waals surface area contributed by atoms with Gasteiger partial charge in [-0.15, -0.1) is 11.3 Å². The van der Waals surface area contributed by atoms with E-state index in [9.17, 15) is 4.79 Å². The van der Waals surface area contributed by atoms with Gasteiger partial charge in [-0.1, -0.05) is 0 Å². The van der Waals surface area contributed by atoms with Crippen molar-refractivity contribution >= 4 is 29.1 Å². The number of thiazole rings is 1. The molecule has 1 amide bonds. The number of nitrogens with zero attached hydrogens (tertiary/aromatic N) is 6. The van der Waals surface area contributed by atoms with Crippen LogP contribution in [0.4, 0.5) is 11.9 Å². The molecule has 1 N–H and O–H groups in total. The van der Waals surface area contributed by atoms with E-state index in [0.29, 0.717) is 35.8 Å². The van der Waals surface area contributed by atoms with Gasteiger partial charge in [0.15, 0.2) is 5.82 Å². The zero-order chi connectivity index (χ0) is 17.8. The summed E-state index contributed by atoms with van der Waals surface area (Å²) in [6.45, 7) is 4.83. The zero-order valence-corrected chi connectivity index (χ0v) is 15.3. The third-order valence-electron chi connectivity index (χ3n) is 3.71. The fourth-order valence-electron chi connectivity index (χ4n) is 2.34.